The van der Waals surface area contributed by atoms with Crippen molar-refractivity contribution in [3.05, 3.63) is 0 Å². The number of nitrogens with two attached hydrogens (primary N) is 2. The van der Waals surface area contributed by atoms with Crippen LogP contribution >= 0.6 is 0 Å². The molecule has 14 heavy (non-hydrogen) atoms. The third-order valence-corrected chi connectivity index (χ3v) is 1.77. The summed E-state index contributed by atoms with van der Waals surface area (Å²) < 4.78 is 0. The summed E-state index contributed by atoms with van der Waals surface area (Å²) in [6.45, 7) is 3.18. The number of hydrogen-bond acceptors (Lipinski definition) is 5. The predicted molar refractivity (Wildman–Crippen MR) is 55.0 cm³/mol. The van der Waals surface area contributed by atoms with Crippen molar-refractivity contribution in [2.75, 3.05) is 39.3 Å². The van der Waals surface area contributed by atoms with Crippen LogP contribution in [0.5, 0.6) is 0 Å². The molecule has 0 unspecified atom stereocenters. The van der Waals surface area contributed by atoms with E-state index in [1.807, 2.05) is 0 Å². The largest absolute Gasteiger partial charge is 0.481 e. The molecule has 0 aliphatic heterocycles. The van der Waals surface area contributed by atoms with Gasteiger partial charge in [-0.3, -0.25) is 4.79 Å². The molecule has 0 rings (SSSR count). The fourth-order valence-corrected chi connectivity index (χ4v) is 1.00. The Hall–Kier alpha value is -0.690. The van der Waals surface area contributed by atoms with Crippen LogP contribution in [0.1, 0.15) is 0 Å². The fraction of sp³-hybridized carbons (Fsp3) is 0.875. The van der Waals surface area contributed by atoms with Crippen molar-refractivity contribution >= 4 is 5.97 Å². The van der Waals surface area contributed by atoms with Gasteiger partial charge in [-0.1, -0.05) is 0 Å². The van der Waals surface area contributed by atoms with Crippen LogP contribution in [0.4, 0.5) is 0 Å². The van der Waals surface area contributed by atoms with E-state index in [0.717, 1.165) is 0 Å². The van der Waals surface area contributed by atoms with E-state index in [2.05, 4.69) is 10.6 Å². The number of nitrogens with one attached hydrogen (secondary N) is 2. The van der Waals surface area contributed by atoms with E-state index < -0.39 is 11.9 Å². The maximum Gasteiger partial charge on any atom is 0.309 e. The molecule has 0 bridgehead atoms. The maximum absolute atomic E-state index is 10.7. The van der Waals surface area contributed by atoms with Crippen LogP contribution in [-0.2, 0) is 4.79 Å². The Labute approximate surface area is 84.0 Å². The second-order valence-corrected chi connectivity index (χ2v) is 3.02. The average molecular weight is 204 g/mol. The number of rotatable bonds is 9. The summed E-state index contributed by atoms with van der Waals surface area (Å²) in [5.41, 5.74) is 10.5. The van der Waals surface area contributed by atoms with E-state index in [0.29, 0.717) is 39.3 Å². The lowest BCUT2D eigenvalue weighted by molar-refractivity contribution is -0.141. The molecular weight excluding hydrogens is 184 g/mol. The minimum absolute atomic E-state index is 0.423. The van der Waals surface area contributed by atoms with E-state index in [-0.39, 0.29) is 0 Å². The highest BCUT2D eigenvalue weighted by Crippen LogP contribution is 1.92. The van der Waals surface area contributed by atoms with Crippen LogP contribution in [0.3, 0.4) is 0 Å². The van der Waals surface area contributed by atoms with Gasteiger partial charge in [0.2, 0.25) is 0 Å². The molecule has 0 aromatic heterocycles. The van der Waals surface area contributed by atoms with Gasteiger partial charge in [-0.05, 0) is 0 Å². The van der Waals surface area contributed by atoms with Crippen molar-refractivity contribution in [3.63, 3.8) is 0 Å². The zero-order chi connectivity index (χ0) is 10.8. The average Bonchev–Trinajstić information content (AvgIpc) is 2.15. The van der Waals surface area contributed by atoms with E-state index in [9.17, 15) is 4.79 Å². The summed E-state index contributed by atoms with van der Waals surface area (Å²) in [4.78, 5) is 10.7. The quantitative estimate of drug-likeness (QED) is 0.272. The van der Waals surface area contributed by atoms with E-state index in [1.54, 1.807) is 0 Å². The molecule has 0 aliphatic rings. The molecule has 0 heterocycles. The van der Waals surface area contributed by atoms with Gasteiger partial charge >= 0.3 is 5.97 Å². The Kier molecular flexibility index (Phi) is 8.45. The third kappa shape index (κ3) is 6.79. The summed E-state index contributed by atoms with van der Waals surface area (Å²) in [5.74, 6) is -1.23. The normalized spacial score (nSPS) is 10.8. The van der Waals surface area contributed by atoms with E-state index >= 15 is 0 Å². The van der Waals surface area contributed by atoms with Crippen molar-refractivity contribution in [2.24, 2.45) is 17.4 Å². The van der Waals surface area contributed by atoms with E-state index in [4.69, 9.17) is 16.6 Å². The van der Waals surface area contributed by atoms with Gasteiger partial charge in [0, 0.05) is 39.3 Å². The van der Waals surface area contributed by atoms with Gasteiger partial charge in [0.25, 0.3) is 0 Å². The highest BCUT2D eigenvalue weighted by atomic mass is 16.4. The SMILES string of the molecule is NCCNCC(CNCCN)C(=O)O. The van der Waals surface area contributed by atoms with Gasteiger partial charge in [0.1, 0.15) is 0 Å². The third-order valence-electron chi connectivity index (χ3n) is 1.77. The summed E-state index contributed by atoms with van der Waals surface area (Å²) in [7, 11) is 0. The van der Waals surface area contributed by atoms with E-state index in [1.165, 1.54) is 0 Å². The molecule has 6 nitrogen and oxygen atoms in total. The highest BCUT2D eigenvalue weighted by molar-refractivity contribution is 5.70. The molecule has 6 heteroatoms. The molecule has 0 aromatic carbocycles. The first-order chi connectivity index (χ1) is 6.72. The van der Waals surface area contributed by atoms with Crippen molar-refractivity contribution in [1.29, 1.82) is 0 Å². The van der Waals surface area contributed by atoms with Crippen LogP contribution in [0, 0.1) is 5.92 Å². The molecule has 0 spiro atoms. The molecule has 0 saturated heterocycles. The summed E-state index contributed by atoms with van der Waals surface area (Å²) in [6, 6.07) is 0. The van der Waals surface area contributed by atoms with Crippen LogP contribution < -0.4 is 22.1 Å². The molecule has 0 aliphatic carbocycles. The molecule has 0 saturated carbocycles. The summed E-state index contributed by atoms with van der Waals surface area (Å²) in [6.07, 6.45) is 0. The highest BCUT2D eigenvalue weighted by Gasteiger charge is 2.15. The molecule has 0 fully saturated rings. The number of hydrogen-bond donors (Lipinski definition) is 5. The second-order valence-electron chi connectivity index (χ2n) is 3.02. The first-order valence-corrected chi connectivity index (χ1v) is 4.76. The van der Waals surface area contributed by atoms with Gasteiger partial charge in [-0.25, -0.2) is 0 Å². The topological polar surface area (TPSA) is 113 Å². The zero-order valence-electron chi connectivity index (χ0n) is 8.33. The molecule has 7 N–H and O–H groups in total. The maximum atomic E-state index is 10.7. The lowest BCUT2D eigenvalue weighted by Gasteiger charge is -2.13. The van der Waals surface area contributed by atoms with Crippen molar-refractivity contribution < 1.29 is 9.90 Å². The van der Waals surface area contributed by atoms with Crippen LogP contribution in [-0.4, -0.2) is 50.3 Å². The van der Waals surface area contributed by atoms with Gasteiger partial charge < -0.3 is 27.2 Å². The van der Waals surface area contributed by atoms with Crippen LogP contribution in [0.2, 0.25) is 0 Å². The van der Waals surface area contributed by atoms with Crippen molar-refractivity contribution in [2.45, 2.75) is 0 Å². The minimum Gasteiger partial charge on any atom is -0.481 e. The number of carboxylic acid groups (broad SMARTS) is 1. The molecule has 84 valence electrons. The van der Waals surface area contributed by atoms with Crippen LogP contribution in [0.25, 0.3) is 0 Å². The Morgan fingerprint density at radius 2 is 1.57 bits per heavy atom. The molecule has 0 aromatic rings. The first kappa shape index (κ1) is 13.3. The molecule has 0 amide bonds. The summed E-state index contributed by atoms with van der Waals surface area (Å²) >= 11 is 0. The minimum atomic E-state index is -0.806. The smallest absolute Gasteiger partial charge is 0.309 e. The standard InChI is InChI=1S/C8H20N4O2/c9-1-3-11-5-7(8(13)14)6-12-4-2-10/h7,11-12H,1-6,9-10H2,(H,13,14). The zero-order valence-corrected chi connectivity index (χ0v) is 8.33. The van der Waals surface area contributed by atoms with Gasteiger partial charge in [0.05, 0.1) is 5.92 Å². The Bertz CT molecular complexity index is 144. The summed E-state index contributed by atoms with van der Waals surface area (Å²) in [5, 5.41) is 14.8. The number of carbonyl (C=O) groups is 1. The Balaban J connectivity index is 3.61. The van der Waals surface area contributed by atoms with Crippen molar-refractivity contribution in [3.8, 4) is 0 Å². The first-order valence-electron chi connectivity index (χ1n) is 4.76. The molecule has 0 radical (unpaired) electrons. The van der Waals surface area contributed by atoms with Crippen molar-refractivity contribution in [1.82, 2.24) is 10.6 Å². The lowest BCUT2D eigenvalue weighted by Crippen LogP contribution is -2.39. The number of aliphatic carboxylic acids is 1. The molecular formula is C8H20N4O2. The number of carboxylic acids is 1. The Morgan fingerprint density at radius 1 is 1.14 bits per heavy atom. The van der Waals surface area contributed by atoms with Gasteiger partial charge in [-0.2, -0.15) is 0 Å². The molecule has 0 atom stereocenters. The Morgan fingerprint density at radius 3 is 1.86 bits per heavy atom. The lowest BCUT2D eigenvalue weighted by atomic mass is 10.1. The fourth-order valence-electron chi connectivity index (χ4n) is 1.00. The predicted octanol–water partition coefficient (Wildman–Crippen LogP) is -2.22. The monoisotopic (exact) mass is 204 g/mol. The second kappa shape index (κ2) is 8.89. The van der Waals surface area contributed by atoms with Gasteiger partial charge in [-0.15, -0.1) is 0 Å². The van der Waals surface area contributed by atoms with Gasteiger partial charge in [0.15, 0.2) is 0 Å². The van der Waals surface area contributed by atoms with Crippen LogP contribution in [0.15, 0.2) is 0 Å².